The Hall–Kier alpha value is -1.60. The van der Waals surface area contributed by atoms with E-state index in [1.807, 2.05) is 0 Å². The summed E-state index contributed by atoms with van der Waals surface area (Å²) >= 11 is 1.33. The summed E-state index contributed by atoms with van der Waals surface area (Å²) in [4.78, 5) is 27.4. The van der Waals surface area contributed by atoms with E-state index in [0.29, 0.717) is 5.88 Å². The number of amides is 1. The molecular weight excluding hydrogens is 314 g/mol. The van der Waals surface area contributed by atoms with Crippen molar-refractivity contribution in [3.63, 3.8) is 0 Å². The summed E-state index contributed by atoms with van der Waals surface area (Å²) in [5.74, 6) is 0.176. The predicted molar refractivity (Wildman–Crippen MR) is 96.7 cm³/mol. The van der Waals surface area contributed by atoms with Crippen molar-refractivity contribution in [2.75, 3.05) is 12.9 Å². The van der Waals surface area contributed by atoms with Gasteiger partial charge in [0.25, 0.3) is 0 Å². The van der Waals surface area contributed by atoms with Gasteiger partial charge in [0.2, 0.25) is 0 Å². The number of carbonyl (C=O) groups is 2. The van der Waals surface area contributed by atoms with Crippen LogP contribution in [0.4, 0.5) is 4.79 Å². The van der Waals surface area contributed by atoms with Gasteiger partial charge in [-0.2, -0.15) is 0 Å². The molecule has 0 radical (unpaired) electrons. The van der Waals surface area contributed by atoms with Crippen LogP contribution >= 0.6 is 11.8 Å². The highest BCUT2D eigenvalue weighted by Crippen LogP contribution is 2.12. The van der Waals surface area contributed by atoms with Crippen molar-refractivity contribution in [1.29, 1.82) is 0 Å². The predicted octanol–water partition coefficient (Wildman–Crippen LogP) is 2.65. The van der Waals surface area contributed by atoms with Crippen molar-refractivity contribution in [3.8, 4) is 0 Å². The summed E-state index contributed by atoms with van der Waals surface area (Å²) in [5.41, 5.74) is 4.91. The number of nitrogens with one attached hydrogen (secondary N) is 1. The number of Topliss-reactive ketones (excluding diaryl/α,β-unsaturated/α-hetero) is 1. The molecule has 0 unspecified atom stereocenters. The van der Waals surface area contributed by atoms with Gasteiger partial charge in [0.05, 0.1) is 11.4 Å². The lowest BCUT2D eigenvalue weighted by Crippen LogP contribution is -2.46. The number of alkyl carbamates (subject to hydrolysis) is 1. The average Bonchev–Trinajstić information content (AvgIpc) is 2.36. The van der Waals surface area contributed by atoms with Crippen molar-refractivity contribution in [2.45, 2.75) is 45.3 Å². The Morgan fingerprint density at radius 1 is 1.35 bits per heavy atom. The van der Waals surface area contributed by atoms with Gasteiger partial charge in [-0.15, -0.1) is 18.3 Å². The molecule has 130 valence electrons. The molecule has 0 rings (SSSR count). The average molecular weight is 341 g/mol. The van der Waals surface area contributed by atoms with Crippen molar-refractivity contribution in [1.82, 2.24) is 5.32 Å². The monoisotopic (exact) mass is 341 g/mol. The number of nitrogens with zero attached hydrogens (tertiary/aromatic N) is 1. The van der Waals surface area contributed by atoms with Gasteiger partial charge in [-0.05, 0) is 33.1 Å². The summed E-state index contributed by atoms with van der Waals surface area (Å²) in [6.07, 6.45) is 2.91. The maximum Gasteiger partial charge on any atom is 0.408 e. The van der Waals surface area contributed by atoms with E-state index in [1.54, 1.807) is 39.2 Å². The van der Waals surface area contributed by atoms with E-state index in [0.717, 1.165) is 0 Å². The van der Waals surface area contributed by atoms with Crippen LogP contribution in [0, 0.1) is 0 Å². The van der Waals surface area contributed by atoms with Crippen molar-refractivity contribution >= 4 is 29.4 Å². The van der Waals surface area contributed by atoms with Crippen molar-refractivity contribution in [3.05, 3.63) is 24.1 Å². The molecule has 0 aliphatic carbocycles. The summed E-state index contributed by atoms with van der Waals surface area (Å²) in [6.45, 7) is 10.6. The van der Waals surface area contributed by atoms with Crippen LogP contribution in [0.15, 0.2) is 29.1 Å². The molecule has 0 aliphatic rings. The Bertz CT molecular complexity index is 491. The van der Waals surface area contributed by atoms with Crippen LogP contribution in [-0.2, 0) is 9.53 Å². The van der Waals surface area contributed by atoms with Gasteiger partial charge in [-0.1, -0.05) is 12.2 Å². The highest BCUT2D eigenvalue weighted by molar-refractivity contribution is 8.02. The number of aliphatic imine (C=N–C) groups is 1. The van der Waals surface area contributed by atoms with Crippen molar-refractivity contribution < 1.29 is 14.3 Å². The number of thioether (sulfide) groups is 1. The highest BCUT2D eigenvalue weighted by Gasteiger charge is 2.27. The second-order valence-corrected chi connectivity index (χ2v) is 6.96. The lowest BCUT2D eigenvalue weighted by Gasteiger charge is -2.21. The second kappa shape index (κ2) is 9.52. The number of nitrogens with two attached hydrogens (primary N) is 1. The van der Waals surface area contributed by atoms with Crippen LogP contribution < -0.4 is 11.1 Å². The molecule has 0 heterocycles. The molecular formula is C16H27N3O3S. The Kier molecular flexibility index (Phi) is 8.86. The zero-order valence-electron chi connectivity index (χ0n) is 14.5. The molecule has 1 atom stereocenters. The smallest absolute Gasteiger partial charge is 0.408 e. The van der Waals surface area contributed by atoms with Gasteiger partial charge in [0.15, 0.2) is 5.78 Å². The fraction of sp³-hybridized carbons (Fsp3) is 0.562. The zero-order chi connectivity index (χ0) is 18.1. The molecule has 0 saturated carbocycles. The first kappa shape index (κ1) is 21.4. The number of allylic oxidation sites excluding steroid dienone is 1. The van der Waals surface area contributed by atoms with E-state index in [4.69, 9.17) is 10.5 Å². The van der Waals surface area contributed by atoms with Crippen molar-refractivity contribution in [2.24, 2.45) is 10.7 Å². The number of ketones is 1. The lowest BCUT2D eigenvalue weighted by molar-refractivity contribution is -0.112. The van der Waals surface area contributed by atoms with E-state index in [9.17, 15) is 9.59 Å². The Balaban J connectivity index is 4.46. The number of hydrogen-bond acceptors (Lipinski definition) is 6. The molecule has 0 aromatic carbocycles. The zero-order valence-corrected chi connectivity index (χ0v) is 15.3. The normalized spacial score (nSPS) is 15.1. The SMILES string of the molecule is C=CCC(=O)/C(=N\C)[C@@](C)(N)/C=C/SCNC(=O)OC(C)(C)C. The summed E-state index contributed by atoms with van der Waals surface area (Å²) < 4.78 is 5.11. The van der Waals surface area contributed by atoms with Crippen LogP contribution in [-0.4, -0.2) is 41.7 Å². The molecule has 23 heavy (non-hydrogen) atoms. The molecule has 0 fully saturated rings. The molecule has 0 spiro atoms. The fourth-order valence-corrected chi connectivity index (χ4v) is 2.30. The summed E-state index contributed by atoms with van der Waals surface area (Å²) in [5, 5.41) is 4.34. The van der Waals surface area contributed by atoms with Gasteiger partial charge < -0.3 is 15.8 Å². The maximum absolute atomic E-state index is 11.9. The Labute approximate surface area is 142 Å². The topological polar surface area (TPSA) is 93.8 Å². The number of ether oxygens (including phenoxy) is 1. The summed E-state index contributed by atoms with van der Waals surface area (Å²) in [6, 6.07) is 0. The van der Waals surface area contributed by atoms with Gasteiger partial charge in [0.1, 0.15) is 11.3 Å². The van der Waals surface area contributed by atoms with Crippen LogP contribution in [0.2, 0.25) is 0 Å². The van der Waals surface area contributed by atoms with Gasteiger partial charge in [0, 0.05) is 13.5 Å². The third-order valence-electron chi connectivity index (χ3n) is 2.54. The van der Waals surface area contributed by atoms with E-state index in [2.05, 4.69) is 16.9 Å². The molecule has 1 amide bonds. The molecule has 0 saturated heterocycles. The van der Waals surface area contributed by atoms with E-state index >= 15 is 0 Å². The molecule has 3 N–H and O–H groups in total. The molecule has 0 bridgehead atoms. The lowest BCUT2D eigenvalue weighted by atomic mass is 9.92. The van der Waals surface area contributed by atoms with Gasteiger partial charge >= 0.3 is 6.09 Å². The number of rotatable bonds is 8. The first-order chi connectivity index (χ1) is 10.5. The molecule has 7 heteroatoms. The minimum absolute atomic E-state index is 0.158. The van der Waals surface area contributed by atoms with E-state index in [-0.39, 0.29) is 17.9 Å². The maximum atomic E-state index is 11.9. The van der Waals surface area contributed by atoms with Gasteiger partial charge in [-0.25, -0.2) is 4.79 Å². The Morgan fingerprint density at radius 2 is 1.96 bits per heavy atom. The van der Waals surface area contributed by atoms with E-state index < -0.39 is 17.2 Å². The van der Waals surface area contributed by atoms with Gasteiger partial charge in [-0.3, -0.25) is 9.79 Å². The standard InChI is InChI=1S/C16H27N3O3S/c1-7-8-12(20)13(18-6)16(5,17)9-10-23-11-19-14(21)22-15(2,3)4/h7,9-10H,1,8,11,17H2,2-6H3,(H,19,21)/b10-9+,18-13+/t16-/m0/s1. The molecule has 0 aliphatic heterocycles. The molecule has 0 aromatic heterocycles. The van der Waals surface area contributed by atoms with Crippen LogP contribution in [0.5, 0.6) is 0 Å². The molecule has 6 nitrogen and oxygen atoms in total. The third kappa shape index (κ3) is 9.20. The summed E-state index contributed by atoms with van der Waals surface area (Å²) in [7, 11) is 1.53. The third-order valence-corrected chi connectivity index (χ3v) is 3.18. The van der Waals surface area contributed by atoms with Crippen LogP contribution in [0.25, 0.3) is 0 Å². The van der Waals surface area contributed by atoms with Crippen LogP contribution in [0.3, 0.4) is 0 Å². The Morgan fingerprint density at radius 3 is 2.43 bits per heavy atom. The molecule has 0 aromatic rings. The highest BCUT2D eigenvalue weighted by atomic mass is 32.2. The number of hydrogen-bond donors (Lipinski definition) is 2. The number of carbonyl (C=O) groups excluding carboxylic acids is 2. The first-order valence-corrected chi connectivity index (χ1v) is 8.24. The first-order valence-electron chi connectivity index (χ1n) is 7.20. The quantitative estimate of drug-likeness (QED) is 0.306. The largest absolute Gasteiger partial charge is 0.444 e. The minimum atomic E-state index is -0.978. The van der Waals surface area contributed by atoms with Crippen LogP contribution in [0.1, 0.15) is 34.1 Å². The second-order valence-electron chi connectivity index (χ2n) is 6.06. The minimum Gasteiger partial charge on any atom is -0.444 e. The van der Waals surface area contributed by atoms with E-state index in [1.165, 1.54) is 24.9 Å². The fourth-order valence-electron chi connectivity index (χ4n) is 1.63.